The number of aromatic nitrogens is 4. The topological polar surface area (TPSA) is 35.9 Å². The van der Waals surface area contributed by atoms with Crippen molar-refractivity contribution in [3.63, 3.8) is 0 Å². The summed E-state index contributed by atoms with van der Waals surface area (Å²) in [7, 11) is 0. The monoisotopic (exact) mass is 1550 g/mol. The maximum absolute atomic E-state index is 10.9. The van der Waals surface area contributed by atoms with Crippen molar-refractivity contribution in [3.05, 3.63) is 343 Å². The molecule has 0 fully saturated rings. The molecule has 0 atom stereocenters. The molecule has 0 aliphatic heterocycles. The molecular formula is C97H80N4OPt-2. The molecule has 3 aromatic heterocycles. The number of para-hydroxylation sites is 1. The smallest absolute Gasteiger partial charge is 0.268 e. The predicted octanol–water partition coefficient (Wildman–Crippen LogP) is 25.1. The van der Waals surface area contributed by atoms with Crippen molar-refractivity contribution in [2.75, 3.05) is 0 Å². The van der Waals surface area contributed by atoms with Gasteiger partial charge in [0.05, 0.1) is 59.2 Å². The molecule has 0 saturated heterocycles. The number of rotatable bonds is 13. The van der Waals surface area contributed by atoms with E-state index in [1.807, 2.05) is 18.2 Å². The Bertz CT molecular complexity index is 7360. The predicted molar refractivity (Wildman–Crippen MR) is 424 cm³/mol. The van der Waals surface area contributed by atoms with Crippen molar-refractivity contribution < 1.29 is 77.0 Å². The molecular weight excluding hydrogens is 1430 g/mol. The Morgan fingerprint density at radius 3 is 1.41 bits per heavy atom. The third kappa shape index (κ3) is 13.4. The molecule has 506 valence electrons. The summed E-state index contributed by atoms with van der Waals surface area (Å²) in [5, 5.41) is 1.22. The second-order valence-corrected chi connectivity index (χ2v) is 27.5. The minimum Gasteiger partial charge on any atom is -0.510 e. The molecule has 0 unspecified atom stereocenters. The molecule has 13 aromatic carbocycles. The number of imidazole rings is 1. The molecule has 0 saturated carbocycles. The van der Waals surface area contributed by atoms with E-state index in [9.17, 15) is 19.2 Å². The van der Waals surface area contributed by atoms with Gasteiger partial charge in [0.1, 0.15) is 5.82 Å². The minimum absolute atomic E-state index is 0. The van der Waals surface area contributed by atoms with E-state index in [-0.39, 0.29) is 77.3 Å². The average Bonchev–Trinajstić information content (AvgIpc) is 1.21. The van der Waals surface area contributed by atoms with E-state index in [1.165, 1.54) is 27.3 Å². The molecule has 0 radical (unpaired) electrons. The van der Waals surface area contributed by atoms with Gasteiger partial charge in [0.25, 0.3) is 6.33 Å². The van der Waals surface area contributed by atoms with Crippen molar-refractivity contribution in [1.29, 1.82) is 0 Å². The Labute approximate surface area is 668 Å². The quantitative estimate of drug-likeness (QED) is 0.0852. The molecule has 0 aliphatic carbocycles. The average molecular weight is 1550 g/mol. The van der Waals surface area contributed by atoms with Gasteiger partial charge in [0.15, 0.2) is 0 Å². The molecule has 0 bridgehead atoms. The number of aryl methyl sites for hydroxylation is 1. The number of nitrogens with zero attached hydrogens (tertiary/aromatic N) is 4. The fourth-order valence-electron chi connectivity index (χ4n) is 12.3. The van der Waals surface area contributed by atoms with Gasteiger partial charge in [-0.3, -0.25) is 4.57 Å². The van der Waals surface area contributed by atoms with E-state index in [4.69, 9.17) is 37.1 Å². The van der Waals surface area contributed by atoms with Gasteiger partial charge >= 0.3 is 0 Å². The molecule has 5 nitrogen and oxygen atoms in total. The van der Waals surface area contributed by atoms with Gasteiger partial charge in [-0.2, -0.15) is 18.2 Å². The summed E-state index contributed by atoms with van der Waals surface area (Å²) in [5.41, 5.74) is -8.27. The summed E-state index contributed by atoms with van der Waals surface area (Å²) in [6.45, 7) is 14.5. The van der Waals surface area contributed by atoms with E-state index in [2.05, 4.69) is 66.1 Å². The first-order valence-electron chi connectivity index (χ1n) is 49.6. The third-order valence-corrected chi connectivity index (χ3v) is 17.6. The number of ether oxygens (including phenoxy) is 1. The van der Waals surface area contributed by atoms with Crippen LogP contribution in [0.3, 0.4) is 0 Å². The van der Waals surface area contributed by atoms with E-state index < -0.39 is 288 Å². The van der Waals surface area contributed by atoms with E-state index in [0.717, 1.165) is 17.3 Å². The van der Waals surface area contributed by atoms with Gasteiger partial charge in [-0.05, 0) is 194 Å². The van der Waals surface area contributed by atoms with Crippen LogP contribution < -0.4 is 9.30 Å². The van der Waals surface area contributed by atoms with Crippen LogP contribution in [-0.4, -0.2) is 14.1 Å². The van der Waals surface area contributed by atoms with Crippen LogP contribution in [0.25, 0.3) is 139 Å². The number of fused-ring (bicyclic) bond motifs is 4. The minimum atomic E-state index is -2.97. The third-order valence-electron chi connectivity index (χ3n) is 17.6. The summed E-state index contributed by atoms with van der Waals surface area (Å²) in [6, 6.07) is 8.61. The zero-order chi connectivity index (χ0) is 99.5. The number of pyridine rings is 1. The fourth-order valence-corrected chi connectivity index (χ4v) is 12.3. The zero-order valence-corrected chi connectivity index (χ0v) is 59.3. The summed E-state index contributed by atoms with van der Waals surface area (Å²) in [5.74, 6) is 0.0223. The summed E-state index contributed by atoms with van der Waals surface area (Å²) >= 11 is 0. The summed E-state index contributed by atoms with van der Waals surface area (Å²) < 4.78 is 329. The molecule has 0 N–H and O–H groups in total. The Morgan fingerprint density at radius 1 is 0.408 bits per heavy atom. The Morgan fingerprint density at radius 2 is 0.893 bits per heavy atom. The Hall–Kier alpha value is -11.2. The SMILES string of the molecule is [2H]c1c([2H])c([2H])c(-c2cnc(-n3c4[c-]c(Oc5[c-]c(-n6[c-][n+](-c7c(-c8c([2H])c(-c9c([2H])c([2H])c([2H])c([2H])c9[2H])c([2H])c(-c9c([2H])c([2H])c([2H])c([2H])c9[2H])c8[2H])cc(C(C)(C)C)cc7-c7c([2H])c(-c8c([2H])c([2H])c([2H])c([2H])c8[2H])c([2H])c(-c8c([2H])c([2H])c([2H])c([2H])c8[2H])c7[2H])c7ccc(-c8cc(C(C)(C)C)cc(C(C)(C)C)c8)cc76)ccc5)ccc4c4ccccc43)cc2C([2H])([2H])[2H])c([2H])c1[2H].[Pt]. The van der Waals surface area contributed by atoms with Gasteiger partial charge in [0.2, 0.25) is 0 Å². The summed E-state index contributed by atoms with van der Waals surface area (Å²) in [6.07, 6.45) is 4.63. The number of hydrogen-bond acceptors (Lipinski definition) is 2. The molecule has 0 aliphatic rings. The second-order valence-electron chi connectivity index (χ2n) is 27.5. The Kier molecular flexibility index (Phi) is 10.2. The van der Waals surface area contributed by atoms with Crippen molar-refractivity contribution >= 4 is 32.8 Å². The molecule has 16 aromatic rings. The maximum atomic E-state index is 10.9. The van der Waals surface area contributed by atoms with Crippen LogP contribution in [0, 0.1) is 25.3 Å². The van der Waals surface area contributed by atoms with E-state index in [1.54, 1.807) is 92.1 Å². The standard InChI is InChI=1S/C97H80N4O.Pt/c1-64-47-93(98-62-88(64)69-37-24-15-25-38-69)101-89-42-27-26-41-84(89)85-45-44-83(61-91(85)101)102-82-40-28-39-81(60-82)99-63-100(90-46-43-70(56-92(90)99)75-54-78(95(2,3)4)57-79(55-75)96(5,6)7)94-86(76-50-71(65-29-16-11-17-30-65)48-72(51-76)66-31-18-12-19-32-66)58-80(97(8,9)10)59-87(94)77-52-73(67-33-20-13-21-34-67)49-74(53-77)68-35-22-14-23-36-68;/h11-59,62H,1-10H3;/q-2;/i1D3,11D,12D,13D,14D,15D,16D,17D,18D,19D,20D,21D,22D,23D,24D,25D,29D,30D,31D,32D,33D,34D,35D,36D,37D,38D,48D,49D,50D,51D,52D,53D;. The number of benzene rings is 13. The van der Waals surface area contributed by atoms with Gasteiger partial charge < -0.3 is 13.9 Å². The molecule has 16 rings (SSSR count). The maximum Gasteiger partial charge on any atom is 0.268 e. The molecule has 3 heterocycles. The van der Waals surface area contributed by atoms with Crippen molar-refractivity contribution in [3.8, 4) is 118 Å². The van der Waals surface area contributed by atoms with Crippen LogP contribution in [0.5, 0.6) is 11.5 Å². The zero-order valence-electron chi connectivity index (χ0n) is 91.0. The van der Waals surface area contributed by atoms with Crippen molar-refractivity contribution in [2.24, 2.45) is 0 Å². The van der Waals surface area contributed by atoms with Gasteiger partial charge in [0, 0.05) is 54.0 Å². The molecule has 103 heavy (non-hydrogen) atoms. The number of hydrogen-bond donors (Lipinski definition) is 0. The largest absolute Gasteiger partial charge is 0.510 e. The van der Waals surface area contributed by atoms with Crippen LogP contribution in [0.4, 0.5) is 0 Å². The molecule has 0 spiro atoms. The fraction of sp³-hybridized carbons (Fsp3) is 0.134. The van der Waals surface area contributed by atoms with Gasteiger partial charge in [-0.25, -0.2) is 4.98 Å². The van der Waals surface area contributed by atoms with Gasteiger partial charge in [-0.15, -0.1) is 29.7 Å². The molecule has 0 amide bonds. The van der Waals surface area contributed by atoms with E-state index in [0.29, 0.717) is 27.4 Å². The van der Waals surface area contributed by atoms with Crippen LogP contribution in [-0.2, 0) is 37.3 Å². The first-order valence-corrected chi connectivity index (χ1v) is 32.6. The van der Waals surface area contributed by atoms with Crippen LogP contribution in [0.15, 0.2) is 303 Å². The van der Waals surface area contributed by atoms with Crippen molar-refractivity contribution in [1.82, 2.24) is 14.1 Å². The van der Waals surface area contributed by atoms with E-state index >= 15 is 0 Å². The van der Waals surface area contributed by atoms with Crippen LogP contribution in [0.1, 0.15) is 131 Å². The van der Waals surface area contributed by atoms with Gasteiger partial charge in [-0.1, -0.05) is 280 Å². The summed E-state index contributed by atoms with van der Waals surface area (Å²) in [4.78, 5) is 4.73. The second kappa shape index (κ2) is 27.3. The Balaban J connectivity index is 0.0000143. The first-order chi connectivity index (χ1) is 63.4. The first kappa shape index (κ1) is 38.7. The van der Waals surface area contributed by atoms with Crippen LogP contribution >= 0.6 is 0 Å². The normalized spacial score (nSPS) is 16.7. The van der Waals surface area contributed by atoms with Crippen molar-refractivity contribution in [2.45, 2.75) is 85.4 Å². The molecule has 6 heteroatoms. The van der Waals surface area contributed by atoms with Crippen LogP contribution in [0.2, 0.25) is 0 Å².